The predicted molar refractivity (Wildman–Crippen MR) is 142 cm³/mol. The van der Waals surface area contributed by atoms with Crippen molar-refractivity contribution in [1.29, 1.82) is 0 Å². The molecule has 36 heavy (non-hydrogen) atoms. The summed E-state index contributed by atoms with van der Waals surface area (Å²) >= 11 is 0. The van der Waals surface area contributed by atoms with Gasteiger partial charge in [0.1, 0.15) is 0 Å². The van der Waals surface area contributed by atoms with Crippen LogP contribution in [0.2, 0.25) is 0 Å². The predicted octanol–water partition coefficient (Wildman–Crippen LogP) is 5.17. The van der Waals surface area contributed by atoms with Gasteiger partial charge in [-0.05, 0) is 74.0 Å². The van der Waals surface area contributed by atoms with Crippen molar-refractivity contribution in [3.63, 3.8) is 0 Å². The van der Waals surface area contributed by atoms with Crippen LogP contribution in [0.25, 0.3) is 21.8 Å². The Kier molecular flexibility index (Phi) is 6.57. The fraction of sp³-hybridized carbons (Fsp3) is 0.276. The zero-order valence-corrected chi connectivity index (χ0v) is 20.8. The quantitative estimate of drug-likeness (QED) is 0.164. The Morgan fingerprint density at radius 3 is 2.06 bits per heavy atom. The van der Waals surface area contributed by atoms with Gasteiger partial charge in [0.2, 0.25) is 0 Å². The second-order valence-electron chi connectivity index (χ2n) is 8.94. The summed E-state index contributed by atoms with van der Waals surface area (Å²) in [5, 5.41) is 5.96. The molecule has 0 aliphatic carbocycles. The van der Waals surface area contributed by atoms with E-state index in [2.05, 4.69) is 21.5 Å². The molecule has 1 fully saturated rings. The molecule has 2 heterocycles. The molecule has 0 amide bonds. The number of oxime groups is 1. The van der Waals surface area contributed by atoms with Crippen molar-refractivity contribution in [1.82, 2.24) is 4.57 Å². The Bertz CT molecular complexity index is 1480. The van der Waals surface area contributed by atoms with Gasteiger partial charge in [-0.25, -0.2) is 4.79 Å². The van der Waals surface area contributed by atoms with E-state index in [4.69, 9.17) is 9.57 Å². The van der Waals surface area contributed by atoms with Crippen LogP contribution in [0.5, 0.6) is 0 Å². The second-order valence-corrected chi connectivity index (χ2v) is 8.94. The molecule has 0 atom stereocenters. The monoisotopic (exact) mass is 483 g/mol. The van der Waals surface area contributed by atoms with E-state index in [1.807, 2.05) is 60.7 Å². The average molecular weight is 484 g/mol. The van der Waals surface area contributed by atoms with Crippen LogP contribution >= 0.6 is 0 Å². The number of nitrogens with zero attached hydrogens (tertiary/aromatic N) is 3. The van der Waals surface area contributed by atoms with E-state index in [1.54, 1.807) is 6.92 Å². The summed E-state index contributed by atoms with van der Waals surface area (Å²) in [6.45, 7) is 9.20. The van der Waals surface area contributed by atoms with Crippen molar-refractivity contribution in [2.24, 2.45) is 5.16 Å². The maximum absolute atomic E-state index is 13.4. The molecule has 7 heteroatoms. The Balaban J connectivity index is 1.51. The van der Waals surface area contributed by atoms with Crippen LogP contribution in [0.15, 0.2) is 65.8 Å². The maximum atomic E-state index is 13.4. The third-order valence-electron chi connectivity index (χ3n) is 6.68. The lowest BCUT2D eigenvalue weighted by atomic mass is 10.00. The number of aryl methyl sites for hydroxylation is 1. The van der Waals surface area contributed by atoms with E-state index in [9.17, 15) is 9.59 Å². The number of rotatable bonds is 6. The van der Waals surface area contributed by atoms with Gasteiger partial charge >= 0.3 is 5.97 Å². The van der Waals surface area contributed by atoms with Crippen molar-refractivity contribution in [3.8, 4) is 0 Å². The van der Waals surface area contributed by atoms with Crippen molar-refractivity contribution in [2.45, 2.75) is 27.3 Å². The number of ketones is 1. The van der Waals surface area contributed by atoms with Crippen molar-refractivity contribution in [2.75, 3.05) is 31.2 Å². The molecule has 0 bridgehead atoms. The molecular weight excluding hydrogens is 454 g/mol. The molecule has 5 rings (SSSR count). The zero-order valence-electron chi connectivity index (χ0n) is 20.8. The van der Waals surface area contributed by atoms with Crippen LogP contribution in [0.1, 0.15) is 42.3 Å². The Morgan fingerprint density at radius 1 is 0.861 bits per heavy atom. The first-order valence-corrected chi connectivity index (χ1v) is 12.2. The SMILES string of the molecule is CCn1c2ccc(C(=O)c3ccc(N4CCOCC4)cc3)cc2c2cc(C(C)=NOC(C)=O)ccc21. The highest BCUT2D eigenvalue weighted by atomic mass is 16.7. The number of fused-ring (bicyclic) bond motifs is 3. The van der Waals surface area contributed by atoms with Gasteiger partial charge in [-0.2, -0.15) is 0 Å². The van der Waals surface area contributed by atoms with Crippen LogP contribution < -0.4 is 4.90 Å². The fourth-order valence-corrected chi connectivity index (χ4v) is 4.81. The molecule has 0 unspecified atom stereocenters. The van der Waals surface area contributed by atoms with Gasteiger partial charge in [0.25, 0.3) is 0 Å². The molecule has 1 aliphatic heterocycles. The third-order valence-corrected chi connectivity index (χ3v) is 6.68. The van der Waals surface area contributed by atoms with Crippen molar-refractivity contribution >= 4 is 45.0 Å². The fourth-order valence-electron chi connectivity index (χ4n) is 4.81. The largest absolute Gasteiger partial charge is 0.378 e. The summed E-state index contributed by atoms with van der Waals surface area (Å²) in [5.74, 6) is -0.467. The maximum Gasteiger partial charge on any atom is 0.331 e. The lowest BCUT2D eigenvalue weighted by molar-refractivity contribution is -0.140. The third kappa shape index (κ3) is 4.50. The molecule has 0 radical (unpaired) electrons. The summed E-state index contributed by atoms with van der Waals surface area (Å²) in [6, 6.07) is 19.8. The lowest BCUT2D eigenvalue weighted by Gasteiger charge is -2.28. The molecule has 7 nitrogen and oxygen atoms in total. The molecule has 0 N–H and O–H groups in total. The zero-order chi connectivity index (χ0) is 25.2. The number of hydrogen-bond acceptors (Lipinski definition) is 6. The normalized spacial score (nSPS) is 14.4. The molecule has 1 aromatic heterocycles. The van der Waals surface area contributed by atoms with E-state index < -0.39 is 5.97 Å². The summed E-state index contributed by atoms with van der Waals surface area (Å²) in [5.41, 5.74) is 6.03. The van der Waals surface area contributed by atoms with E-state index in [0.29, 0.717) is 16.8 Å². The topological polar surface area (TPSA) is 73.1 Å². The minimum absolute atomic E-state index is 0.00779. The number of benzene rings is 3. The van der Waals surface area contributed by atoms with Gasteiger partial charge in [-0.3, -0.25) is 4.79 Å². The molecule has 0 saturated carbocycles. The van der Waals surface area contributed by atoms with Crippen LogP contribution in [-0.4, -0.2) is 48.3 Å². The number of hydrogen-bond donors (Lipinski definition) is 0. The number of ether oxygens (including phenoxy) is 1. The first kappa shape index (κ1) is 23.8. The van der Waals surface area contributed by atoms with E-state index in [1.165, 1.54) is 6.92 Å². The van der Waals surface area contributed by atoms with Gasteiger partial charge in [-0.15, -0.1) is 0 Å². The highest BCUT2D eigenvalue weighted by Crippen LogP contribution is 2.31. The number of carbonyl (C=O) groups is 2. The van der Waals surface area contributed by atoms with Gasteiger partial charge in [-0.1, -0.05) is 11.2 Å². The van der Waals surface area contributed by atoms with Crippen molar-refractivity contribution in [3.05, 3.63) is 77.4 Å². The van der Waals surface area contributed by atoms with Gasteiger partial charge in [0.05, 0.1) is 18.9 Å². The summed E-state index contributed by atoms with van der Waals surface area (Å²) in [6.07, 6.45) is 0. The first-order valence-electron chi connectivity index (χ1n) is 12.2. The van der Waals surface area contributed by atoms with Crippen LogP contribution in [-0.2, 0) is 20.9 Å². The highest BCUT2D eigenvalue weighted by molar-refractivity contribution is 6.16. The molecule has 1 aliphatic rings. The second kappa shape index (κ2) is 9.95. The average Bonchev–Trinajstić information content (AvgIpc) is 3.24. The number of anilines is 1. The van der Waals surface area contributed by atoms with Gasteiger partial charge in [0.15, 0.2) is 5.78 Å². The van der Waals surface area contributed by atoms with E-state index in [-0.39, 0.29) is 5.78 Å². The first-order chi connectivity index (χ1) is 17.5. The highest BCUT2D eigenvalue weighted by Gasteiger charge is 2.17. The lowest BCUT2D eigenvalue weighted by Crippen LogP contribution is -2.36. The molecule has 184 valence electrons. The number of aromatic nitrogens is 1. The molecular formula is C29H29N3O4. The Labute approximate surface area is 209 Å². The number of carbonyl (C=O) groups excluding carboxylic acids is 2. The van der Waals surface area contributed by atoms with E-state index in [0.717, 1.165) is 65.9 Å². The Morgan fingerprint density at radius 2 is 1.44 bits per heavy atom. The summed E-state index contributed by atoms with van der Waals surface area (Å²) in [7, 11) is 0. The van der Waals surface area contributed by atoms with Crippen LogP contribution in [0.4, 0.5) is 5.69 Å². The smallest absolute Gasteiger partial charge is 0.331 e. The Hall–Kier alpha value is -3.97. The number of morpholine rings is 1. The summed E-state index contributed by atoms with van der Waals surface area (Å²) in [4.78, 5) is 31.7. The molecule has 4 aromatic rings. The van der Waals surface area contributed by atoms with Gasteiger partial charge < -0.3 is 19.0 Å². The van der Waals surface area contributed by atoms with Crippen LogP contribution in [0.3, 0.4) is 0 Å². The molecule has 0 spiro atoms. The minimum Gasteiger partial charge on any atom is -0.378 e. The van der Waals surface area contributed by atoms with Crippen LogP contribution in [0, 0.1) is 0 Å². The van der Waals surface area contributed by atoms with Gasteiger partial charge in [0, 0.05) is 65.2 Å². The molecule has 1 saturated heterocycles. The van der Waals surface area contributed by atoms with E-state index >= 15 is 0 Å². The molecule has 3 aromatic carbocycles. The standard InChI is InChI=1S/C29H29N3O4/c1-4-32-27-11-7-22(19(2)30-36-20(3)33)17-25(27)26-18-23(8-12-28(26)32)29(34)21-5-9-24(10-6-21)31-13-15-35-16-14-31/h5-12,17-18H,4,13-16H2,1-3H3. The van der Waals surface area contributed by atoms with Crippen molar-refractivity contribution < 1.29 is 19.2 Å². The minimum atomic E-state index is -0.459. The summed E-state index contributed by atoms with van der Waals surface area (Å²) < 4.78 is 7.67.